The highest BCUT2D eigenvalue weighted by molar-refractivity contribution is 5.61. The van der Waals surface area contributed by atoms with E-state index in [-0.39, 0.29) is 16.7 Å². The van der Waals surface area contributed by atoms with E-state index >= 15 is 0 Å². The highest BCUT2D eigenvalue weighted by Crippen LogP contribution is 2.29. The predicted molar refractivity (Wildman–Crippen MR) is 73.2 cm³/mol. The van der Waals surface area contributed by atoms with Gasteiger partial charge in [0, 0.05) is 26.2 Å². The Hall–Kier alpha value is -1.85. The van der Waals surface area contributed by atoms with Crippen molar-refractivity contribution in [1.29, 1.82) is 0 Å². The van der Waals surface area contributed by atoms with Gasteiger partial charge < -0.3 is 10.2 Å². The van der Waals surface area contributed by atoms with Crippen LogP contribution in [0, 0.1) is 10.1 Å². The van der Waals surface area contributed by atoms with Gasteiger partial charge in [0.2, 0.25) is 5.82 Å². The number of rotatable bonds is 6. The molecule has 0 aliphatic rings. The third-order valence-electron chi connectivity index (χ3n) is 3.13. The zero-order valence-corrected chi connectivity index (χ0v) is 11.3. The number of nitrogens with zero attached hydrogens (tertiary/aromatic N) is 3. The summed E-state index contributed by atoms with van der Waals surface area (Å²) in [6, 6.07) is 3.36. The van der Waals surface area contributed by atoms with Crippen molar-refractivity contribution in [3.05, 3.63) is 22.2 Å². The first-order valence-corrected chi connectivity index (χ1v) is 6.11. The van der Waals surface area contributed by atoms with Crippen LogP contribution in [0.25, 0.3) is 0 Å². The van der Waals surface area contributed by atoms with Crippen molar-refractivity contribution < 1.29 is 4.92 Å². The number of hydrogen-bond acceptors (Lipinski definition) is 5. The van der Waals surface area contributed by atoms with E-state index < -0.39 is 0 Å². The van der Waals surface area contributed by atoms with Gasteiger partial charge in [-0.3, -0.25) is 10.1 Å². The molecule has 0 amide bonds. The average Bonchev–Trinajstić information content (AvgIpc) is 2.39. The molecule has 0 radical (unpaired) electrons. The molecule has 6 heteroatoms. The van der Waals surface area contributed by atoms with Crippen molar-refractivity contribution in [2.45, 2.75) is 32.7 Å². The first-order chi connectivity index (χ1) is 8.54. The van der Waals surface area contributed by atoms with E-state index in [4.69, 9.17) is 0 Å². The summed E-state index contributed by atoms with van der Waals surface area (Å²) in [4.78, 5) is 16.8. The molecule has 0 unspecified atom stereocenters. The molecule has 1 aromatic rings. The van der Waals surface area contributed by atoms with E-state index in [2.05, 4.69) is 24.1 Å². The van der Waals surface area contributed by atoms with Crippen LogP contribution >= 0.6 is 0 Å². The molecule has 0 saturated carbocycles. The molecule has 100 valence electrons. The van der Waals surface area contributed by atoms with Crippen LogP contribution < -0.4 is 10.2 Å². The topological polar surface area (TPSA) is 71.3 Å². The third kappa shape index (κ3) is 2.88. The van der Waals surface area contributed by atoms with E-state index in [1.54, 1.807) is 13.1 Å². The van der Waals surface area contributed by atoms with Gasteiger partial charge in [-0.15, -0.1) is 0 Å². The molecule has 1 heterocycles. The minimum atomic E-state index is -0.388. The van der Waals surface area contributed by atoms with Crippen molar-refractivity contribution in [3.8, 4) is 0 Å². The van der Waals surface area contributed by atoms with Gasteiger partial charge >= 0.3 is 5.69 Å². The monoisotopic (exact) mass is 252 g/mol. The molecule has 0 spiro atoms. The Labute approximate surface area is 107 Å². The van der Waals surface area contributed by atoms with Crippen molar-refractivity contribution in [2.75, 3.05) is 24.3 Å². The SMILES string of the molecule is CCC(CC)N(C)c1nc(NC)ccc1[N+](=O)[O-]. The Morgan fingerprint density at radius 1 is 1.44 bits per heavy atom. The lowest BCUT2D eigenvalue weighted by Gasteiger charge is -2.27. The largest absolute Gasteiger partial charge is 0.373 e. The summed E-state index contributed by atoms with van der Waals surface area (Å²) in [6.45, 7) is 4.14. The van der Waals surface area contributed by atoms with Crippen LogP contribution in [-0.2, 0) is 0 Å². The number of aromatic nitrogens is 1. The summed E-state index contributed by atoms with van der Waals surface area (Å²) in [5.41, 5.74) is 0.0448. The molecule has 1 rings (SSSR count). The summed E-state index contributed by atoms with van der Waals surface area (Å²) in [6.07, 6.45) is 1.85. The molecule has 6 nitrogen and oxygen atoms in total. The molecule has 0 saturated heterocycles. The van der Waals surface area contributed by atoms with E-state index in [0.29, 0.717) is 11.6 Å². The highest BCUT2D eigenvalue weighted by Gasteiger charge is 2.23. The van der Waals surface area contributed by atoms with Crippen LogP contribution in [0.1, 0.15) is 26.7 Å². The number of hydrogen-bond donors (Lipinski definition) is 1. The van der Waals surface area contributed by atoms with Crippen LogP contribution in [0.15, 0.2) is 12.1 Å². The zero-order chi connectivity index (χ0) is 13.7. The fraction of sp³-hybridized carbons (Fsp3) is 0.583. The van der Waals surface area contributed by atoms with Crippen LogP contribution in [-0.4, -0.2) is 30.0 Å². The second-order valence-corrected chi connectivity index (χ2v) is 4.13. The Kier molecular flexibility index (Phi) is 4.88. The lowest BCUT2D eigenvalue weighted by Crippen LogP contribution is -2.31. The Balaban J connectivity index is 3.21. The Morgan fingerprint density at radius 2 is 2.06 bits per heavy atom. The number of anilines is 2. The normalized spacial score (nSPS) is 10.5. The third-order valence-corrected chi connectivity index (χ3v) is 3.13. The predicted octanol–water partition coefficient (Wildman–Crippen LogP) is 2.66. The molecule has 1 N–H and O–H groups in total. The second kappa shape index (κ2) is 6.18. The zero-order valence-electron chi connectivity index (χ0n) is 11.3. The molecule has 0 atom stereocenters. The van der Waals surface area contributed by atoms with Crippen molar-refractivity contribution in [3.63, 3.8) is 0 Å². The molecular formula is C12H20N4O2. The average molecular weight is 252 g/mol. The Morgan fingerprint density at radius 3 is 2.50 bits per heavy atom. The van der Waals surface area contributed by atoms with E-state index in [1.165, 1.54) is 6.07 Å². The van der Waals surface area contributed by atoms with Crippen LogP contribution in [0.5, 0.6) is 0 Å². The van der Waals surface area contributed by atoms with Crippen molar-refractivity contribution >= 4 is 17.3 Å². The fourth-order valence-electron chi connectivity index (χ4n) is 1.99. The smallest absolute Gasteiger partial charge is 0.311 e. The van der Waals surface area contributed by atoms with Gasteiger partial charge in [-0.05, 0) is 18.9 Å². The summed E-state index contributed by atoms with van der Waals surface area (Å²) in [7, 11) is 3.60. The second-order valence-electron chi connectivity index (χ2n) is 4.13. The fourth-order valence-corrected chi connectivity index (χ4v) is 1.99. The summed E-state index contributed by atoms with van der Waals surface area (Å²) < 4.78 is 0. The van der Waals surface area contributed by atoms with Gasteiger partial charge in [0.25, 0.3) is 0 Å². The van der Waals surface area contributed by atoms with Crippen LogP contribution in [0.2, 0.25) is 0 Å². The first-order valence-electron chi connectivity index (χ1n) is 6.11. The summed E-state index contributed by atoms with van der Waals surface area (Å²) in [5, 5.41) is 13.9. The Bertz CT molecular complexity index is 419. The van der Waals surface area contributed by atoms with Crippen molar-refractivity contribution in [2.24, 2.45) is 0 Å². The van der Waals surface area contributed by atoms with Crippen LogP contribution in [0.4, 0.5) is 17.3 Å². The molecule has 0 aromatic carbocycles. The number of pyridine rings is 1. The van der Waals surface area contributed by atoms with Gasteiger partial charge in [-0.25, -0.2) is 4.98 Å². The summed E-state index contributed by atoms with van der Waals surface area (Å²) in [5.74, 6) is 1.05. The summed E-state index contributed by atoms with van der Waals surface area (Å²) >= 11 is 0. The number of nitro groups is 1. The lowest BCUT2D eigenvalue weighted by atomic mass is 10.1. The van der Waals surface area contributed by atoms with Crippen molar-refractivity contribution in [1.82, 2.24) is 4.98 Å². The van der Waals surface area contributed by atoms with Gasteiger partial charge in [0.05, 0.1) is 4.92 Å². The molecule has 0 fully saturated rings. The minimum absolute atomic E-state index is 0.0448. The first kappa shape index (κ1) is 14.2. The maximum Gasteiger partial charge on any atom is 0.311 e. The quantitative estimate of drug-likeness (QED) is 0.622. The molecule has 0 aliphatic heterocycles. The molecule has 0 aliphatic carbocycles. The lowest BCUT2D eigenvalue weighted by molar-refractivity contribution is -0.384. The van der Waals surface area contributed by atoms with Gasteiger partial charge in [-0.2, -0.15) is 0 Å². The van der Waals surface area contributed by atoms with E-state index in [1.807, 2.05) is 11.9 Å². The number of nitrogens with one attached hydrogen (secondary N) is 1. The standard InChI is InChI=1S/C12H20N4O2/c1-5-9(6-2)15(4)12-10(16(17)18)7-8-11(13-3)14-12/h7-9H,5-6H2,1-4H3,(H,13,14). The molecule has 0 bridgehead atoms. The van der Waals surface area contributed by atoms with Crippen LogP contribution in [0.3, 0.4) is 0 Å². The van der Waals surface area contributed by atoms with E-state index in [9.17, 15) is 10.1 Å². The highest BCUT2D eigenvalue weighted by atomic mass is 16.6. The molecular weight excluding hydrogens is 232 g/mol. The van der Waals surface area contributed by atoms with E-state index in [0.717, 1.165) is 12.8 Å². The minimum Gasteiger partial charge on any atom is -0.373 e. The molecule has 1 aromatic heterocycles. The van der Waals surface area contributed by atoms with Gasteiger partial charge in [-0.1, -0.05) is 13.8 Å². The van der Waals surface area contributed by atoms with Gasteiger partial charge in [0.1, 0.15) is 5.82 Å². The maximum atomic E-state index is 11.0. The maximum absolute atomic E-state index is 11.0. The van der Waals surface area contributed by atoms with Gasteiger partial charge in [0.15, 0.2) is 0 Å². The molecule has 18 heavy (non-hydrogen) atoms.